The summed E-state index contributed by atoms with van der Waals surface area (Å²) < 4.78 is 0. The van der Waals surface area contributed by atoms with Gasteiger partial charge in [0.2, 0.25) is 5.91 Å². The number of urea groups is 1. The lowest BCUT2D eigenvalue weighted by Gasteiger charge is -2.31. The third-order valence-corrected chi connectivity index (χ3v) is 6.08. The molecule has 0 saturated carbocycles. The van der Waals surface area contributed by atoms with E-state index >= 15 is 0 Å². The molecule has 1 atom stereocenters. The fourth-order valence-electron chi connectivity index (χ4n) is 3.24. The molecule has 1 aliphatic heterocycles. The average Bonchev–Trinajstić information content (AvgIpc) is 3.18. The number of nitrogens with two attached hydrogens (primary N) is 1. The molecule has 0 radical (unpaired) electrons. The van der Waals surface area contributed by atoms with Crippen molar-refractivity contribution in [3.05, 3.63) is 23.8 Å². The average molecular weight is 403 g/mol. The Morgan fingerprint density at radius 3 is 2.68 bits per heavy atom. The van der Waals surface area contributed by atoms with Gasteiger partial charge in [-0.3, -0.25) is 10.1 Å². The van der Waals surface area contributed by atoms with Crippen molar-refractivity contribution in [1.82, 2.24) is 19.9 Å². The van der Waals surface area contributed by atoms with E-state index in [1.54, 1.807) is 13.1 Å². The molecule has 150 valence electrons. The van der Waals surface area contributed by atoms with Crippen molar-refractivity contribution in [3.63, 3.8) is 0 Å². The molecule has 0 spiro atoms. The molecule has 2 aromatic heterocycles. The lowest BCUT2D eigenvalue weighted by atomic mass is 9.95. The van der Waals surface area contributed by atoms with Crippen LogP contribution in [0.4, 0.5) is 9.93 Å². The number of amides is 3. The van der Waals surface area contributed by atoms with Crippen LogP contribution in [-0.4, -0.2) is 43.9 Å². The van der Waals surface area contributed by atoms with Crippen LogP contribution in [0.3, 0.4) is 0 Å². The van der Waals surface area contributed by atoms with Crippen molar-refractivity contribution in [2.75, 3.05) is 11.9 Å². The van der Waals surface area contributed by atoms with E-state index in [4.69, 9.17) is 5.73 Å². The molecule has 3 amide bonds. The van der Waals surface area contributed by atoms with Crippen molar-refractivity contribution < 1.29 is 9.59 Å². The lowest BCUT2D eigenvalue weighted by Crippen LogP contribution is -2.55. The maximum absolute atomic E-state index is 12.7. The molecule has 0 bridgehead atoms. The number of rotatable bonds is 3. The summed E-state index contributed by atoms with van der Waals surface area (Å²) in [6, 6.07) is 1.48. The van der Waals surface area contributed by atoms with Crippen LogP contribution in [0.25, 0.3) is 10.6 Å². The van der Waals surface area contributed by atoms with Crippen molar-refractivity contribution in [1.29, 1.82) is 0 Å². The zero-order valence-electron chi connectivity index (χ0n) is 16.9. The molecule has 1 fully saturated rings. The standard InChI is InChI=1S/C19H26N6O2S/c1-11-13(12-7-9-21-15(23-12)18(2,3)4)28-16(22-11)24-17(27)25-10-6-8-19(25,5)14(20)26/h7,9H,6,8,10H2,1-5H3,(H2,20,26)(H,22,24,27)/t19-/m0/s1. The van der Waals surface area contributed by atoms with Crippen molar-refractivity contribution in [2.45, 2.75) is 58.4 Å². The first-order chi connectivity index (χ1) is 13.0. The van der Waals surface area contributed by atoms with Gasteiger partial charge < -0.3 is 10.6 Å². The molecule has 28 heavy (non-hydrogen) atoms. The van der Waals surface area contributed by atoms with Crippen molar-refractivity contribution in [3.8, 4) is 10.6 Å². The maximum atomic E-state index is 12.7. The summed E-state index contributed by atoms with van der Waals surface area (Å²) in [7, 11) is 0. The van der Waals surface area contributed by atoms with E-state index < -0.39 is 11.4 Å². The van der Waals surface area contributed by atoms with E-state index in [0.29, 0.717) is 18.1 Å². The highest BCUT2D eigenvalue weighted by atomic mass is 32.1. The molecule has 8 nitrogen and oxygen atoms in total. The zero-order chi connectivity index (χ0) is 20.7. The summed E-state index contributed by atoms with van der Waals surface area (Å²) in [4.78, 5) is 40.4. The molecular formula is C19H26N6O2S. The minimum atomic E-state index is -0.965. The number of thiazole rings is 1. The highest BCUT2D eigenvalue weighted by Gasteiger charge is 2.44. The van der Waals surface area contributed by atoms with Gasteiger partial charge in [-0.05, 0) is 32.8 Å². The van der Waals surface area contributed by atoms with Crippen molar-refractivity contribution >= 4 is 28.4 Å². The predicted octanol–water partition coefficient (Wildman–Crippen LogP) is 3.08. The zero-order valence-corrected chi connectivity index (χ0v) is 17.7. The second kappa shape index (κ2) is 7.12. The minimum Gasteiger partial charge on any atom is -0.368 e. The van der Waals surface area contributed by atoms with Gasteiger partial charge in [0.05, 0.1) is 16.3 Å². The van der Waals surface area contributed by atoms with Crippen LogP contribution in [-0.2, 0) is 10.2 Å². The van der Waals surface area contributed by atoms with Gasteiger partial charge in [0, 0.05) is 18.2 Å². The van der Waals surface area contributed by atoms with Crippen LogP contribution in [0.5, 0.6) is 0 Å². The molecule has 9 heteroatoms. The van der Waals surface area contributed by atoms with Crippen LogP contribution < -0.4 is 11.1 Å². The Hall–Kier alpha value is -2.55. The molecule has 0 aliphatic carbocycles. The summed E-state index contributed by atoms with van der Waals surface area (Å²) in [6.45, 7) is 10.2. The number of nitrogens with one attached hydrogen (secondary N) is 1. The molecule has 0 aromatic carbocycles. The highest BCUT2D eigenvalue weighted by molar-refractivity contribution is 7.19. The Kier molecular flexibility index (Phi) is 5.14. The second-order valence-corrected chi connectivity index (χ2v) is 9.27. The van der Waals surface area contributed by atoms with Gasteiger partial charge in [0.15, 0.2) is 5.13 Å². The Morgan fingerprint density at radius 1 is 1.32 bits per heavy atom. The predicted molar refractivity (Wildman–Crippen MR) is 109 cm³/mol. The Balaban J connectivity index is 1.84. The number of hydrogen-bond acceptors (Lipinski definition) is 6. The van der Waals surface area contributed by atoms with E-state index in [2.05, 4.69) is 41.0 Å². The number of hydrogen-bond donors (Lipinski definition) is 2. The minimum absolute atomic E-state index is 0.166. The molecule has 3 rings (SSSR count). The first-order valence-electron chi connectivity index (χ1n) is 9.22. The quantitative estimate of drug-likeness (QED) is 0.819. The third-order valence-electron chi connectivity index (χ3n) is 4.99. The van der Waals surface area contributed by atoms with Crippen LogP contribution >= 0.6 is 11.3 Å². The van der Waals surface area contributed by atoms with E-state index in [0.717, 1.165) is 28.5 Å². The number of nitrogens with zero attached hydrogens (tertiary/aromatic N) is 4. The number of carbonyl (C=O) groups is 2. The third kappa shape index (κ3) is 3.71. The number of anilines is 1. The molecule has 1 saturated heterocycles. The van der Waals surface area contributed by atoms with Crippen molar-refractivity contribution in [2.24, 2.45) is 5.73 Å². The molecule has 2 aromatic rings. The van der Waals surface area contributed by atoms with Crippen LogP contribution in [0.2, 0.25) is 0 Å². The largest absolute Gasteiger partial charge is 0.368 e. The van der Waals surface area contributed by atoms with Gasteiger partial charge in [-0.25, -0.2) is 19.7 Å². The summed E-state index contributed by atoms with van der Waals surface area (Å²) in [5.74, 6) is 0.254. The van der Waals surface area contributed by atoms with Gasteiger partial charge >= 0.3 is 6.03 Å². The fraction of sp³-hybridized carbons (Fsp3) is 0.526. The number of primary amides is 1. The monoisotopic (exact) mass is 402 g/mol. The first kappa shape index (κ1) is 20.2. The number of aryl methyl sites for hydroxylation is 1. The van der Waals surface area contributed by atoms with Crippen LogP contribution in [0.15, 0.2) is 12.3 Å². The van der Waals surface area contributed by atoms with E-state index in [1.165, 1.54) is 16.2 Å². The molecular weight excluding hydrogens is 376 g/mol. The van der Waals surface area contributed by atoms with Gasteiger partial charge in [0.25, 0.3) is 0 Å². The SMILES string of the molecule is Cc1nc(NC(=O)N2CCC[C@@]2(C)C(N)=O)sc1-c1ccnc(C(C)(C)C)n1. The van der Waals surface area contributed by atoms with E-state index in [-0.39, 0.29) is 11.4 Å². The number of likely N-dealkylation sites (tertiary alicyclic amines) is 1. The summed E-state index contributed by atoms with van der Waals surface area (Å²) in [5, 5.41) is 3.28. The highest BCUT2D eigenvalue weighted by Crippen LogP contribution is 2.34. The molecule has 3 heterocycles. The van der Waals surface area contributed by atoms with Gasteiger partial charge in [0.1, 0.15) is 11.4 Å². The molecule has 1 aliphatic rings. The van der Waals surface area contributed by atoms with Crippen LogP contribution in [0, 0.1) is 6.92 Å². The Bertz CT molecular complexity index is 919. The maximum Gasteiger partial charge on any atom is 0.324 e. The number of carbonyl (C=O) groups excluding carboxylic acids is 2. The summed E-state index contributed by atoms with van der Waals surface area (Å²) >= 11 is 1.35. The smallest absolute Gasteiger partial charge is 0.324 e. The molecule has 3 N–H and O–H groups in total. The summed E-state index contributed by atoms with van der Waals surface area (Å²) in [5.41, 5.74) is 5.94. The molecule has 0 unspecified atom stereocenters. The normalized spacial score (nSPS) is 19.7. The topological polar surface area (TPSA) is 114 Å². The first-order valence-corrected chi connectivity index (χ1v) is 10.0. The van der Waals surface area contributed by atoms with E-state index in [1.807, 2.05) is 13.0 Å². The Morgan fingerprint density at radius 2 is 2.04 bits per heavy atom. The summed E-state index contributed by atoms with van der Waals surface area (Å²) in [6.07, 6.45) is 3.04. The lowest BCUT2D eigenvalue weighted by molar-refractivity contribution is -0.126. The number of aromatic nitrogens is 3. The van der Waals surface area contributed by atoms with Gasteiger partial charge in [-0.1, -0.05) is 32.1 Å². The van der Waals surface area contributed by atoms with Crippen LogP contribution in [0.1, 0.15) is 52.1 Å². The Labute approximate surface area is 168 Å². The van der Waals surface area contributed by atoms with Gasteiger partial charge in [-0.2, -0.15) is 0 Å². The van der Waals surface area contributed by atoms with Gasteiger partial charge in [-0.15, -0.1) is 0 Å². The fourth-order valence-corrected chi connectivity index (χ4v) is 4.16. The second-order valence-electron chi connectivity index (χ2n) is 8.27. The van der Waals surface area contributed by atoms with E-state index in [9.17, 15) is 9.59 Å².